The van der Waals surface area contributed by atoms with Crippen LogP contribution >= 0.6 is 0 Å². The van der Waals surface area contributed by atoms with Gasteiger partial charge in [-0.05, 0) is 104 Å². The minimum Gasteiger partial charge on any atom is -0.481 e. The first-order valence-corrected chi connectivity index (χ1v) is 15.9. The minimum atomic E-state index is -4.67. The molecule has 4 aliphatic rings. The van der Waals surface area contributed by atoms with Crippen molar-refractivity contribution in [2.24, 2.45) is 46.3 Å². The third kappa shape index (κ3) is 8.32. The van der Waals surface area contributed by atoms with E-state index >= 15 is 0 Å². The van der Waals surface area contributed by atoms with Crippen molar-refractivity contribution in [3.05, 3.63) is 0 Å². The summed E-state index contributed by atoms with van der Waals surface area (Å²) < 4.78 is 63.2. The number of carboxylic acid groups (broad SMARTS) is 1. The van der Waals surface area contributed by atoms with Gasteiger partial charge in [-0.1, -0.05) is 20.8 Å². The summed E-state index contributed by atoms with van der Waals surface area (Å²) in [4.78, 5) is 11.1. The molecule has 38 heavy (non-hydrogen) atoms. The summed E-state index contributed by atoms with van der Waals surface area (Å²) in [6.07, 6.45) is 9.26. The first-order chi connectivity index (χ1) is 17.2. The molecular weight excluding hydrogens is 544 g/mol. The van der Waals surface area contributed by atoms with Crippen molar-refractivity contribution in [2.75, 3.05) is 0 Å². The Kier molecular flexibility index (Phi) is 10.8. The van der Waals surface area contributed by atoms with Gasteiger partial charge in [-0.2, -0.15) is 16.8 Å². The number of aliphatic carboxylic acids is 1. The Bertz CT molecular complexity index is 985. The molecule has 4 saturated carbocycles. The molecule has 0 radical (unpaired) electrons. The molecule has 0 amide bonds. The molecule has 0 aromatic heterocycles. The monoisotopic (exact) mass is 588 g/mol. The lowest BCUT2D eigenvalue weighted by molar-refractivity contribution is -0.175. The summed E-state index contributed by atoms with van der Waals surface area (Å²) in [5.41, 5.74) is 0.216. The Hall–Kier alpha value is -0.870. The number of aliphatic hydroxyl groups excluding tert-OH is 2. The standard InChI is InChI=1S/C24H40O4.2H2O4S/c1-14(4-9-22(27)28)18-7-8-19-17-6-5-15-12-16(25)10-11-23(15,2)20(17)13-21(26)24(18,19)3;2*1-5(2,3)4/h14-21,25-26H,4-13H2,1-3H3,(H,27,28);2*(H2,1,2,3,4)/t14-,15-,16-,17+,18-,19+,20+,21+,23+,24-;;/m1../s1. The largest absolute Gasteiger partial charge is 0.481 e. The van der Waals surface area contributed by atoms with Crippen LogP contribution in [0.15, 0.2) is 0 Å². The number of hydrogen-bond acceptors (Lipinski definition) is 7. The molecule has 0 aromatic rings. The summed E-state index contributed by atoms with van der Waals surface area (Å²) in [6.45, 7) is 6.99. The highest BCUT2D eigenvalue weighted by Gasteiger charge is 2.63. The van der Waals surface area contributed by atoms with Crippen molar-refractivity contribution in [3.63, 3.8) is 0 Å². The van der Waals surface area contributed by atoms with Crippen LogP contribution in [0.1, 0.15) is 85.0 Å². The van der Waals surface area contributed by atoms with Gasteiger partial charge in [0.25, 0.3) is 0 Å². The van der Waals surface area contributed by atoms with E-state index in [9.17, 15) is 15.0 Å². The molecule has 0 spiro atoms. The van der Waals surface area contributed by atoms with Crippen molar-refractivity contribution in [2.45, 2.75) is 97.2 Å². The molecule has 0 aromatic carbocycles. The van der Waals surface area contributed by atoms with Gasteiger partial charge in [-0.15, -0.1) is 0 Å². The summed E-state index contributed by atoms with van der Waals surface area (Å²) >= 11 is 0. The molecule has 0 heterocycles. The second kappa shape index (κ2) is 12.3. The van der Waals surface area contributed by atoms with Gasteiger partial charge in [-0.3, -0.25) is 23.0 Å². The molecule has 4 fully saturated rings. The molecule has 0 bridgehead atoms. The van der Waals surface area contributed by atoms with Crippen LogP contribution in [-0.4, -0.2) is 68.5 Å². The van der Waals surface area contributed by atoms with E-state index in [2.05, 4.69) is 20.8 Å². The Balaban J connectivity index is 0.000000435. The topological polar surface area (TPSA) is 227 Å². The highest BCUT2D eigenvalue weighted by atomic mass is 32.3. The van der Waals surface area contributed by atoms with Gasteiger partial charge < -0.3 is 15.3 Å². The lowest BCUT2D eigenvalue weighted by atomic mass is 9.43. The second-order valence-corrected chi connectivity index (χ2v) is 14.0. The smallest absolute Gasteiger partial charge is 0.394 e. The van der Waals surface area contributed by atoms with Crippen LogP contribution < -0.4 is 0 Å². The third-order valence-corrected chi connectivity index (χ3v) is 10.3. The van der Waals surface area contributed by atoms with E-state index < -0.39 is 26.8 Å². The molecule has 0 aliphatic heterocycles. The fraction of sp³-hybridized carbons (Fsp3) is 0.958. The van der Waals surface area contributed by atoms with Crippen LogP contribution in [-0.2, 0) is 25.6 Å². The number of hydrogen-bond donors (Lipinski definition) is 7. The molecule has 4 rings (SSSR count). The lowest BCUT2D eigenvalue weighted by Crippen LogP contribution is -2.58. The van der Waals surface area contributed by atoms with E-state index in [-0.39, 0.29) is 29.5 Å². The van der Waals surface area contributed by atoms with E-state index in [1.54, 1.807) is 0 Å². The summed E-state index contributed by atoms with van der Waals surface area (Å²) in [5.74, 6) is 2.55. The molecular formula is C24H44O12S2. The number of carbonyl (C=O) groups is 1. The van der Waals surface area contributed by atoms with Crippen LogP contribution in [0.5, 0.6) is 0 Å². The molecule has 10 atom stereocenters. The number of fused-ring (bicyclic) bond motifs is 5. The maximum absolute atomic E-state index is 11.5. The first kappa shape index (κ1) is 33.3. The van der Waals surface area contributed by atoms with E-state index in [1.165, 1.54) is 19.3 Å². The van der Waals surface area contributed by atoms with Crippen molar-refractivity contribution in [1.82, 2.24) is 0 Å². The molecule has 7 N–H and O–H groups in total. The zero-order valence-corrected chi connectivity index (χ0v) is 23.8. The number of aliphatic hydroxyl groups is 2. The normalized spacial score (nSPS) is 41.1. The molecule has 0 unspecified atom stereocenters. The minimum absolute atomic E-state index is 0.0591. The predicted octanol–water partition coefficient (Wildman–Crippen LogP) is 3.17. The van der Waals surface area contributed by atoms with Crippen LogP contribution in [0.3, 0.4) is 0 Å². The van der Waals surface area contributed by atoms with Gasteiger partial charge in [0, 0.05) is 6.42 Å². The van der Waals surface area contributed by atoms with Gasteiger partial charge >= 0.3 is 26.8 Å². The summed E-state index contributed by atoms with van der Waals surface area (Å²) in [7, 11) is -9.33. The third-order valence-electron chi connectivity index (χ3n) is 10.3. The zero-order valence-electron chi connectivity index (χ0n) is 22.2. The van der Waals surface area contributed by atoms with Gasteiger partial charge in [0.05, 0.1) is 12.2 Å². The Labute approximate surface area is 225 Å². The van der Waals surface area contributed by atoms with Gasteiger partial charge in [-0.25, -0.2) is 0 Å². The fourth-order valence-corrected chi connectivity index (χ4v) is 8.71. The van der Waals surface area contributed by atoms with Crippen molar-refractivity contribution >= 4 is 26.8 Å². The SMILES string of the molecule is C[C@H](CCC(=O)O)[C@H]1CC[C@H]2[C@@H]3CC[C@@H]4C[C@H](O)CC[C@]4(C)[C@H]3C[C@H](O)[C@]12C.O=S(=O)(O)O.O=S(=O)(O)O. The van der Waals surface area contributed by atoms with E-state index in [4.69, 9.17) is 40.2 Å². The Morgan fingerprint density at radius 3 is 1.95 bits per heavy atom. The highest BCUT2D eigenvalue weighted by molar-refractivity contribution is 7.80. The van der Waals surface area contributed by atoms with Crippen LogP contribution in [0.25, 0.3) is 0 Å². The van der Waals surface area contributed by atoms with E-state index in [1.807, 2.05) is 0 Å². The first-order valence-electron chi connectivity index (χ1n) is 13.2. The maximum Gasteiger partial charge on any atom is 0.394 e. The van der Waals surface area contributed by atoms with Gasteiger partial charge in [0.2, 0.25) is 0 Å². The average Bonchev–Trinajstić information content (AvgIpc) is 3.10. The van der Waals surface area contributed by atoms with Gasteiger partial charge in [0.1, 0.15) is 0 Å². The van der Waals surface area contributed by atoms with E-state index in [0.717, 1.165) is 38.5 Å². The van der Waals surface area contributed by atoms with Crippen molar-refractivity contribution in [1.29, 1.82) is 0 Å². The maximum atomic E-state index is 11.5. The zero-order chi connectivity index (χ0) is 29.3. The van der Waals surface area contributed by atoms with Crippen molar-refractivity contribution < 1.29 is 55.2 Å². The lowest BCUT2D eigenvalue weighted by Gasteiger charge is -2.62. The Morgan fingerprint density at radius 1 is 0.868 bits per heavy atom. The van der Waals surface area contributed by atoms with E-state index in [0.29, 0.717) is 35.5 Å². The van der Waals surface area contributed by atoms with Crippen molar-refractivity contribution in [3.8, 4) is 0 Å². The Morgan fingerprint density at radius 2 is 1.42 bits per heavy atom. The highest BCUT2D eigenvalue weighted by Crippen LogP contribution is 2.68. The predicted molar refractivity (Wildman–Crippen MR) is 137 cm³/mol. The molecule has 0 saturated heterocycles. The molecule has 12 nitrogen and oxygen atoms in total. The quantitative estimate of drug-likeness (QED) is 0.235. The average molecular weight is 589 g/mol. The second-order valence-electron chi connectivity index (χ2n) is 12.2. The summed E-state index contributed by atoms with van der Waals surface area (Å²) in [5, 5.41) is 30.8. The van der Waals surface area contributed by atoms with Crippen LogP contribution in [0.2, 0.25) is 0 Å². The molecule has 224 valence electrons. The summed E-state index contributed by atoms with van der Waals surface area (Å²) in [6, 6.07) is 0. The number of rotatable bonds is 4. The number of carboxylic acids is 1. The fourth-order valence-electron chi connectivity index (χ4n) is 8.71. The van der Waals surface area contributed by atoms with Gasteiger partial charge in [0.15, 0.2) is 0 Å². The molecule has 4 aliphatic carbocycles. The van der Waals surface area contributed by atoms with Crippen LogP contribution in [0, 0.1) is 46.3 Å². The van der Waals surface area contributed by atoms with Crippen LogP contribution in [0.4, 0.5) is 0 Å². The molecule has 14 heteroatoms.